The topological polar surface area (TPSA) is 105 Å². The van der Waals surface area contributed by atoms with Crippen LogP contribution in [0.2, 0.25) is 0 Å². The van der Waals surface area contributed by atoms with E-state index in [0.717, 1.165) is 19.4 Å². The molecule has 3 atom stereocenters. The second kappa shape index (κ2) is 11.1. The van der Waals surface area contributed by atoms with E-state index in [-0.39, 0.29) is 41.2 Å². The molecule has 4 aromatic rings. The molecule has 0 aliphatic carbocycles. The fraction of sp³-hybridized carbons (Fsp3) is 0.452. The van der Waals surface area contributed by atoms with Gasteiger partial charge in [-0.25, -0.2) is 18.7 Å². The van der Waals surface area contributed by atoms with E-state index in [2.05, 4.69) is 30.6 Å². The molecule has 2 aromatic heterocycles. The number of phenols is 1. The monoisotopic (exact) mass is 594 g/mol. The third-order valence-corrected chi connectivity index (χ3v) is 9.00. The van der Waals surface area contributed by atoms with Crippen LogP contribution in [-0.2, 0) is 11.3 Å². The molecular weight excluding hydrogens is 561 g/mol. The lowest BCUT2D eigenvalue weighted by molar-refractivity contribution is 0.00810. The number of anilines is 1. The minimum Gasteiger partial charge on any atom is -0.508 e. The average molecular weight is 595 g/mol. The van der Waals surface area contributed by atoms with Crippen molar-refractivity contribution in [2.75, 3.05) is 38.2 Å². The zero-order valence-corrected chi connectivity index (χ0v) is 23.8. The van der Waals surface area contributed by atoms with Gasteiger partial charge < -0.3 is 20.0 Å². The van der Waals surface area contributed by atoms with Gasteiger partial charge in [-0.1, -0.05) is 13.0 Å². The zero-order valence-electron chi connectivity index (χ0n) is 23.8. The molecule has 5 heterocycles. The fourth-order valence-electron chi connectivity index (χ4n) is 6.93. The summed E-state index contributed by atoms with van der Waals surface area (Å²) in [5.74, 6) is -0.910. The maximum atomic E-state index is 16.6. The van der Waals surface area contributed by atoms with E-state index in [9.17, 15) is 13.9 Å². The normalized spacial score (nSPS) is 24.1. The Morgan fingerprint density at radius 1 is 1.26 bits per heavy atom. The number of aryl methyl sites for hydroxylation is 1. The molecule has 12 heteroatoms. The smallest absolute Gasteiger partial charge is 0.319 e. The maximum absolute atomic E-state index is 16.6. The predicted octanol–water partition coefficient (Wildman–Crippen LogP) is 5.05. The Hall–Kier alpha value is -3.74. The molecule has 3 N–H and O–H groups in total. The lowest BCUT2D eigenvalue weighted by Gasteiger charge is -2.31. The highest BCUT2D eigenvalue weighted by atomic mass is 19.1. The summed E-state index contributed by atoms with van der Waals surface area (Å²) >= 11 is 0. The second-order valence-corrected chi connectivity index (χ2v) is 11.7. The largest absolute Gasteiger partial charge is 0.508 e. The van der Waals surface area contributed by atoms with Crippen LogP contribution in [-0.4, -0.2) is 75.6 Å². The summed E-state index contributed by atoms with van der Waals surface area (Å²) in [7, 11) is 0. The van der Waals surface area contributed by atoms with Crippen LogP contribution in [0.5, 0.6) is 11.8 Å². The van der Waals surface area contributed by atoms with Gasteiger partial charge in [0.2, 0.25) is 0 Å². The summed E-state index contributed by atoms with van der Waals surface area (Å²) in [5.41, 5.74) is 2.99. The standard InChI is InChI=1S/C31H33F3N6O3/c1-2-21-24(33)5-4-17-10-20(41)11-22(25(17)21)27-26(34)28-23(14-35-27)29(37-19-6-9-43-36-13-19)39-30(38-28)42-16-31-7-3-8-40(31)15-18(32)12-31/h4-5,10-11,14,18-19,36,41H,2-3,6-9,12-13,15-16H2,1H3,(H,37,38,39)/t18-,19?,31+/m1/s1. The van der Waals surface area contributed by atoms with E-state index in [1.807, 2.05) is 6.92 Å². The number of aromatic hydroxyl groups is 1. The highest BCUT2D eigenvalue weighted by Crippen LogP contribution is 2.41. The fourth-order valence-corrected chi connectivity index (χ4v) is 6.93. The van der Waals surface area contributed by atoms with E-state index in [4.69, 9.17) is 9.57 Å². The van der Waals surface area contributed by atoms with Gasteiger partial charge in [-0.3, -0.25) is 9.88 Å². The third-order valence-electron chi connectivity index (χ3n) is 9.00. The van der Waals surface area contributed by atoms with Crippen LogP contribution < -0.4 is 15.5 Å². The SMILES string of the molecule is CCc1c(F)ccc2cc(O)cc(-c3ncc4c(NC5CCONC5)nc(OC[C@@]56CCCN5C[C@H](F)C6)nc4c3F)c12. The number of halogens is 3. The number of nitrogens with zero attached hydrogens (tertiary/aromatic N) is 4. The highest BCUT2D eigenvalue weighted by molar-refractivity contribution is 6.01. The van der Waals surface area contributed by atoms with Gasteiger partial charge in [0.1, 0.15) is 41.4 Å². The number of aromatic nitrogens is 3. The van der Waals surface area contributed by atoms with E-state index in [1.54, 1.807) is 6.07 Å². The van der Waals surface area contributed by atoms with Crippen molar-refractivity contribution in [2.45, 2.75) is 56.8 Å². The van der Waals surface area contributed by atoms with Crippen molar-refractivity contribution in [3.8, 4) is 23.0 Å². The first-order valence-corrected chi connectivity index (χ1v) is 14.8. The first kappa shape index (κ1) is 28.1. The summed E-state index contributed by atoms with van der Waals surface area (Å²) in [6.45, 7) is 4.20. The molecule has 2 aromatic carbocycles. The molecule has 226 valence electrons. The molecule has 0 radical (unpaired) electrons. The first-order chi connectivity index (χ1) is 20.8. The van der Waals surface area contributed by atoms with Gasteiger partial charge in [-0.15, -0.1) is 0 Å². The summed E-state index contributed by atoms with van der Waals surface area (Å²) in [6.07, 6.45) is 3.77. The number of pyridine rings is 1. The minimum atomic E-state index is -0.916. The van der Waals surface area contributed by atoms with Crippen LogP contribution >= 0.6 is 0 Å². The number of ether oxygens (including phenoxy) is 1. The van der Waals surface area contributed by atoms with Gasteiger partial charge in [0, 0.05) is 37.3 Å². The molecule has 7 rings (SSSR count). The molecule has 9 nitrogen and oxygen atoms in total. The van der Waals surface area contributed by atoms with E-state index >= 15 is 4.39 Å². The van der Waals surface area contributed by atoms with Crippen LogP contribution in [0.25, 0.3) is 32.9 Å². The average Bonchev–Trinajstić information content (AvgIpc) is 3.52. The molecule has 3 aliphatic heterocycles. The van der Waals surface area contributed by atoms with Gasteiger partial charge >= 0.3 is 6.01 Å². The summed E-state index contributed by atoms with van der Waals surface area (Å²) in [6, 6.07) is 5.72. The van der Waals surface area contributed by atoms with Gasteiger partial charge in [0.05, 0.1) is 17.5 Å². The number of benzene rings is 2. The van der Waals surface area contributed by atoms with E-state index < -0.39 is 23.3 Å². The quantitative estimate of drug-likeness (QED) is 0.271. The van der Waals surface area contributed by atoms with Crippen LogP contribution in [0.4, 0.5) is 19.0 Å². The van der Waals surface area contributed by atoms with Crippen molar-refractivity contribution in [1.82, 2.24) is 25.3 Å². The molecule has 43 heavy (non-hydrogen) atoms. The number of hydrogen-bond acceptors (Lipinski definition) is 9. The molecule has 3 aliphatic rings. The van der Waals surface area contributed by atoms with Gasteiger partial charge in [0.25, 0.3) is 0 Å². The lowest BCUT2D eigenvalue weighted by atomic mass is 9.94. The van der Waals surface area contributed by atoms with Crippen molar-refractivity contribution >= 4 is 27.5 Å². The predicted molar refractivity (Wildman–Crippen MR) is 156 cm³/mol. The van der Waals surface area contributed by atoms with Crippen LogP contribution in [0.1, 0.15) is 38.2 Å². The first-order valence-electron chi connectivity index (χ1n) is 14.8. The van der Waals surface area contributed by atoms with Crippen molar-refractivity contribution in [3.63, 3.8) is 0 Å². The number of hydroxylamine groups is 1. The van der Waals surface area contributed by atoms with Crippen molar-refractivity contribution in [2.24, 2.45) is 0 Å². The number of phenolic OH excluding ortho intramolecular Hbond substituents is 1. The Morgan fingerprint density at radius 2 is 2.14 bits per heavy atom. The summed E-state index contributed by atoms with van der Waals surface area (Å²) < 4.78 is 52.0. The van der Waals surface area contributed by atoms with Crippen molar-refractivity contribution < 1.29 is 27.9 Å². The Bertz CT molecular complexity index is 1700. The summed E-state index contributed by atoms with van der Waals surface area (Å²) in [4.78, 5) is 20.9. The van der Waals surface area contributed by atoms with Crippen molar-refractivity contribution in [3.05, 3.63) is 47.7 Å². The molecule has 0 amide bonds. The van der Waals surface area contributed by atoms with Gasteiger partial charge in [-0.2, -0.15) is 9.97 Å². The zero-order chi connectivity index (χ0) is 29.7. The number of hydrogen-bond donors (Lipinski definition) is 3. The molecule has 1 unspecified atom stereocenters. The van der Waals surface area contributed by atoms with E-state index in [1.165, 1.54) is 24.4 Å². The van der Waals surface area contributed by atoms with Crippen LogP contribution in [0.3, 0.4) is 0 Å². The highest BCUT2D eigenvalue weighted by Gasteiger charge is 2.49. The van der Waals surface area contributed by atoms with Crippen molar-refractivity contribution in [1.29, 1.82) is 0 Å². The van der Waals surface area contributed by atoms with Gasteiger partial charge in [0.15, 0.2) is 5.82 Å². The van der Waals surface area contributed by atoms with Crippen LogP contribution in [0, 0.1) is 11.6 Å². The third kappa shape index (κ3) is 5.00. The molecule has 0 saturated carbocycles. The lowest BCUT2D eigenvalue weighted by Crippen LogP contribution is -2.43. The number of rotatable bonds is 7. The molecule has 0 spiro atoms. The molecule has 0 bridgehead atoms. The number of alkyl halides is 1. The van der Waals surface area contributed by atoms with Crippen LogP contribution in [0.15, 0.2) is 30.5 Å². The molecule has 3 saturated heterocycles. The van der Waals surface area contributed by atoms with E-state index in [0.29, 0.717) is 66.5 Å². The number of nitrogens with one attached hydrogen (secondary N) is 2. The second-order valence-electron chi connectivity index (χ2n) is 11.7. The molecular formula is C31H33F3N6O3. The maximum Gasteiger partial charge on any atom is 0.319 e. The Balaban J connectivity index is 1.35. The molecule has 3 fully saturated rings. The minimum absolute atomic E-state index is 0.0287. The Kier molecular flexibility index (Phi) is 7.22. The number of fused-ring (bicyclic) bond motifs is 3. The summed E-state index contributed by atoms with van der Waals surface area (Å²) in [5, 5.41) is 15.2. The Morgan fingerprint density at radius 3 is 2.95 bits per heavy atom. The van der Waals surface area contributed by atoms with Gasteiger partial charge in [-0.05, 0) is 66.8 Å². The Labute approximate surface area is 246 Å².